The number of hydrogen-bond acceptors (Lipinski definition) is 3. The average molecular weight is 337 g/mol. The van der Waals surface area contributed by atoms with Crippen molar-refractivity contribution in [3.05, 3.63) is 42.5 Å². The quantitative estimate of drug-likeness (QED) is 0.796. The fourth-order valence-electron chi connectivity index (χ4n) is 3.64. The number of fused-ring (bicyclic) bond motifs is 3. The molecule has 0 atom stereocenters. The number of ether oxygens (including phenoxy) is 1. The van der Waals surface area contributed by atoms with Crippen molar-refractivity contribution < 1.29 is 9.53 Å². The smallest absolute Gasteiger partial charge is 0.238 e. The molecule has 0 unspecified atom stereocenters. The maximum Gasteiger partial charge on any atom is 0.238 e. The standard InChI is InChI=1S/C20H23N3O2/c1-2-23-18-6-4-3-5-16(18)17-13-15(7-8-19(17)23)21-20(24)14-22-9-11-25-12-10-22/h3-8,13H,2,9-12,14H2,1H3,(H,21,24). The summed E-state index contributed by atoms with van der Waals surface area (Å²) in [5.74, 6) is 0.0282. The van der Waals surface area contributed by atoms with Gasteiger partial charge in [-0.25, -0.2) is 0 Å². The summed E-state index contributed by atoms with van der Waals surface area (Å²) in [6.07, 6.45) is 0. The van der Waals surface area contributed by atoms with Crippen molar-refractivity contribution in [2.24, 2.45) is 0 Å². The maximum absolute atomic E-state index is 12.3. The second kappa shape index (κ2) is 6.86. The van der Waals surface area contributed by atoms with Gasteiger partial charge in [0.1, 0.15) is 0 Å². The molecule has 1 aliphatic heterocycles. The number of nitrogens with zero attached hydrogens (tertiary/aromatic N) is 2. The van der Waals surface area contributed by atoms with E-state index < -0.39 is 0 Å². The number of benzene rings is 2. The zero-order valence-corrected chi connectivity index (χ0v) is 14.5. The number of carbonyl (C=O) groups is 1. The van der Waals surface area contributed by atoms with Gasteiger partial charge in [-0.1, -0.05) is 18.2 Å². The second-order valence-electron chi connectivity index (χ2n) is 6.43. The summed E-state index contributed by atoms with van der Waals surface area (Å²) in [6, 6.07) is 14.6. The Labute approximate surface area is 147 Å². The van der Waals surface area contributed by atoms with E-state index in [2.05, 4.69) is 58.1 Å². The van der Waals surface area contributed by atoms with Crippen molar-refractivity contribution in [2.75, 3.05) is 38.2 Å². The summed E-state index contributed by atoms with van der Waals surface area (Å²) < 4.78 is 7.64. The highest BCUT2D eigenvalue weighted by Crippen LogP contribution is 2.30. The van der Waals surface area contributed by atoms with Crippen molar-refractivity contribution >= 4 is 33.4 Å². The molecule has 1 N–H and O–H groups in total. The van der Waals surface area contributed by atoms with Gasteiger partial charge in [0.15, 0.2) is 0 Å². The molecule has 1 aromatic heterocycles. The number of rotatable bonds is 4. The molecule has 1 fully saturated rings. The van der Waals surface area contributed by atoms with Gasteiger partial charge >= 0.3 is 0 Å². The third kappa shape index (κ3) is 3.13. The first-order chi connectivity index (χ1) is 12.3. The van der Waals surface area contributed by atoms with Gasteiger partial charge in [0, 0.05) is 47.1 Å². The number of aromatic nitrogens is 1. The van der Waals surface area contributed by atoms with Crippen LogP contribution in [0.4, 0.5) is 5.69 Å². The van der Waals surface area contributed by atoms with Gasteiger partial charge in [0.2, 0.25) is 5.91 Å². The third-order valence-electron chi connectivity index (χ3n) is 4.84. The van der Waals surface area contributed by atoms with E-state index in [9.17, 15) is 4.79 Å². The molecule has 5 nitrogen and oxygen atoms in total. The molecule has 2 aromatic carbocycles. The first kappa shape index (κ1) is 16.1. The van der Waals surface area contributed by atoms with Gasteiger partial charge in [-0.2, -0.15) is 0 Å². The van der Waals surface area contributed by atoms with Crippen molar-refractivity contribution in [3.63, 3.8) is 0 Å². The molecule has 0 saturated carbocycles. The molecule has 0 aliphatic carbocycles. The van der Waals surface area contributed by atoms with Gasteiger partial charge in [-0.3, -0.25) is 9.69 Å². The number of carbonyl (C=O) groups excluding carboxylic acids is 1. The van der Waals surface area contributed by atoms with Crippen LogP contribution in [0, 0.1) is 0 Å². The zero-order valence-electron chi connectivity index (χ0n) is 14.5. The molecular formula is C20H23N3O2. The van der Waals surface area contributed by atoms with E-state index in [0.29, 0.717) is 19.8 Å². The van der Waals surface area contributed by atoms with Gasteiger partial charge in [0.25, 0.3) is 0 Å². The van der Waals surface area contributed by atoms with E-state index in [-0.39, 0.29) is 5.91 Å². The number of hydrogen-bond donors (Lipinski definition) is 1. The maximum atomic E-state index is 12.3. The fourth-order valence-corrected chi connectivity index (χ4v) is 3.64. The highest BCUT2D eigenvalue weighted by molar-refractivity contribution is 6.09. The Morgan fingerprint density at radius 3 is 2.64 bits per heavy atom. The SMILES string of the molecule is CCn1c2ccccc2c2cc(NC(=O)CN3CCOCC3)ccc21. The van der Waals surface area contributed by atoms with Crippen LogP contribution in [-0.4, -0.2) is 48.2 Å². The van der Waals surface area contributed by atoms with E-state index in [1.807, 2.05) is 6.07 Å². The molecule has 1 amide bonds. The predicted molar refractivity (Wildman–Crippen MR) is 101 cm³/mol. The summed E-state index contributed by atoms with van der Waals surface area (Å²) in [7, 11) is 0. The molecule has 0 bridgehead atoms. The first-order valence-corrected chi connectivity index (χ1v) is 8.87. The van der Waals surface area contributed by atoms with Crippen LogP contribution < -0.4 is 5.32 Å². The molecule has 5 heteroatoms. The van der Waals surface area contributed by atoms with E-state index in [0.717, 1.165) is 25.3 Å². The van der Waals surface area contributed by atoms with Gasteiger partial charge < -0.3 is 14.6 Å². The van der Waals surface area contributed by atoms with E-state index in [4.69, 9.17) is 4.74 Å². The van der Waals surface area contributed by atoms with Crippen LogP contribution in [0.15, 0.2) is 42.5 Å². The molecule has 1 saturated heterocycles. The summed E-state index contributed by atoms with van der Waals surface area (Å²) in [6.45, 7) is 6.53. The minimum absolute atomic E-state index is 0.0282. The number of anilines is 1. The van der Waals surface area contributed by atoms with Crippen molar-refractivity contribution in [1.82, 2.24) is 9.47 Å². The Morgan fingerprint density at radius 1 is 1.08 bits per heavy atom. The molecule has 2 heterocycles. The number of aryl methyl sites for hydroxylation is 1. The Morgan fingerprint density at radius 2 is 1.84 bits per heavy atom. The highest BCUT2D eigenvalue weighted by atomic mass is 16.5. The largest absolute Gasteiger partial charge is 0.379 e. The molecule has 4 rings (SSSR count). The van der Waals surface area contributed by atoms with Crippen LogP contribution in [0.3, 0.4) is 0 Å². The molecule has 3 aromatic rings. The van der Waals surface area contributed by atoms with Gasteiger partial charge in [-0.05, 0) is 31.2 Å². The average Bonchev–Trinajstić information content (AvgIpc) is 2.95. The monoisotopic (exact) mass is 337 g/mol. The minimum Gasteiger partial charge on any atom is -0.379 e. The van der Waals surface area contributed by atoms with Gasteiger partial charge in [0.05, 0.1) is 19.8 Å². The Balaban J connectivity index is 1.60. The lowest BCUT2D eigenvalue weighted by Crippen LogP contribution is -2.41. The molecule has 1 aliphatic rings. The van der Waals surface area contributed by atoms with Crippen LogP contribution in [0.25, 0.3) is 21.8 Å². The molecule has 130 valence electrons. The predicted octanol–water partition coefficient (Wildman–Crippen LogP) is 3.09. The van der Waals surface area contributed by atoms with Crippen molar-refractivity contribution in [3.8, 4) is 0 Å². The van der Waals surface area contributed by atoms with Crippen LogP contribution in [0.1, 0.15) is 6.92 Å². The van der Waals surface area contributed by atoms with Crippen molar-refractivity contribution in [1.29, 1.82) is 0 Å². The van der Waals surface area contributed by atoms with Crippen LogP contribution >= 0.6 is 0 Å². The minimum atomic E-state index is 0.0282. The highest BCUT2D eigenvalue weighted by Gasteiger charge is 2.15. The summed E-state index contributed by atoms with van der Waals surface area (Å²) in [5, 5.41) is 5.45. The molecule has 0 radical (unpaired) electrons. The lowest BCUT2D eigenvalue weighted by molar-refractivity contribution is -0.118. The Bertz CT molecular complexity index is 910. The van der Waals surface area contributed by atoms with Crippen LogP contribution in [0.5, 0.6) is 0 Å². The zero-order chi connectivity index (χ0) is 17.2. The number of nitrogens with one attached hydrogen (secondary N) is 1. The van der Waals surface area contributed by atoms with Gasteiger partial charge in [-0.15, -0.1) is 0 Å². The number of morpholine rings is 1. The van der Waals surface area contributed by atoms with E-state index in [1.54, 1.807) is 0 Å². The van der Waals surface area contributed by atoms with E-state index in [1.165, 1.54) is 21.8 Å². The topological polar surface area (TPSA) is 46.5 Å². The third-order valence-corrected chi connectivity index (χ3v) is 4.84. The molecular weight excluding hydrogens is 314 g/mol. The van der Waals surface area contributed by atoms with Crippen LogP contribution in [0.2, 0.25) is 0 Å². The molecule has 25 heavy (non-hydrogen) atoms. The second-order valence-corrected chi connectivity index (χ2v) is 6.43. The summed E-state index contributed by atoms with van der Waals surface area (Å²) in [4.78, 5) is 14.5. The van der Waals surface area contributed by atoms with Crippen molar-refractivity contribution in [2.45, 2.75) is 13.5 Å². The van der Waals surface area contributed by atoms with Crippen LogP contribution in [-0.2, 0) is 16.1 Å². The molecule has 0 spiro atoms. The normalized spacial score (nSPS) is 15.7. The summed E-state index contributed by atoms with van der Waals surface area (Å²) >= 11 is 0. The van der Waals surface area contributed by atoms with E-state index >= 15 is 0 Å². The lowest BCUT2D eigenvalue weighted by Gasteiger charge is -2.25. The Kier molecular flexibility index (Phi) is 4.42. The lowest BCUT2D eigenvalue weighted by atomic mass is 10.1. The first-order valence-electron chi connectivity index (χ1n) is 8.87. The Hall–Kier alpha value is -2.37. The number of para-hydroxylation sites is 1. The fraction of sp³-hybridized carbons (Fsp3) is 0.350. The summed E-state index contributed by atoms with van der Waals surface area (Å²) in [5.41, 5.74) is 3.29. The number of amides is 1.